The van der Waals surface area contributed by atoms with E-state index in [4.69, 9.17) is 10.9 Å². The van der Waals surface area contributed by atoms with Gasteiger partial charge in [-0.3, -0.25) is 0 Å². The lowest BCUT2D eigenvalue weighted by molar-refractivity contribution is 0.318. The van der Waals surface area contributed by atoms with E-state index < -0.39 is 9.84 Å². The summed E-state index contributed by atoms with van der Waals surface area (Å²) < 4.78 is 23.2. The molecule has 0 aliphatic carbocycles. The van der Waals surface area contributed by atoms with Gasteiger partial charge in [-0.2, -0.15) is 0 Å². The number of aryl methyl sites for hydroxylation is 1. The van der Waals surface area contributed by atoms with Gasteiger partial charge in [0.05, 0.1) is 11.5 Å². The summed E-state index contributed by atoms with van der Waals surface area (Å²) in [5, 5.41) is 11.6. The molecule has 2 heterocycles. The van der Waals surface area contributed by atoms with Crippen LogP contribution in [0.1, 0.15) is 18.3 Å². The average molecular weight is 299 g/mol. The predicted molar refractivity (Wildman–Crippen MR) is 74.7 cm³/mol. The quantitative estimate of drug-likeness (QED) is 0.327. The van der Waals surface area contributed by atoms with Gasteiger partial charge in [0.15, 0.2) is 15.7 Å². The fourth-order valence-corrected chi connectivity index (χ4v) is 3.72. The molecule has 0 aromatic carbocycles. The van der Waals surface area contributed by atoms with Crippen LogP contribution >= 0.6 is 0 Å². The van der Waals surface area contributed by atoms with Gasteiger partial charge in [-0.1, -0.05) is 5.16 Å². The molecule has 1 aromatic rings. The molecule has 3 N–H and O–H groups in total. The first kappa shape index (κ1) is 14.5. The van der Waals surface area contributed by atoms with Gasteiger partial charge in [0, 0.05) is 18.3 Å². The van der Waals surface area contributed by atoms with E-state index in [2.05, 4.69) is 15.1 Å². The lowest BCUT2D eigenvalue weighted by Gasteiger charge is -2.33. The Hall–Kier alpha value is -1.90. The first-order valence-corrected chi connectivity index (χ1v) is 7.95. The lowest BCUT2D eigenvalue weighted by Crippen LogP contribution is -2.48. The van der Waals surface area contributed by atoms with Crippen molar-refractivity contribution in [2.24, 2.45) is 10.9 Å². The number of aromatic nitrogens is 2. The number of nitrogens with two attached hydrogens (primary N) is 1. The van der Waals surface area contributed by atoms with E-state index in [1.54, 1.807) is 13.0 Å². The maximum Gasteiger partial charge on any atom is 0.226 e. The Kier molecular flexibility index (Phi) is 3.80. The van der Waals surface area contributed by atoms with Crippen LogP contribution in [0.15, 0.2) is 11.2 Å². The Balaban J connectivity index is 2.36. The average Bonchev–Trinajstić information content (AvgIpc) is 2.35. The van der Waals surface area contributed by atoms with Crippen LogP contribution < -0.4 is 10.6 Å². The van der Waals surface area contributed by atoms with E-state index in [1.165, 1.54) is 0 Å². The number of rotatable bonds is 2. The summed E-state index contributed by atoms with van der Waals surface area (Å²) in [6, 6.07) is 1.39. The number of oxime groups is 1. The standard InChI is InChI=1S/C11H17N5O3S/c1-7-5-9(10(12)15-17)14-11(13-7)16-3-4-20(18,19)6-8(16)2/h5,8,17H,3-4,6H2,1-2H3,(H2,12,15). The highest BCUT2D eigenvalue weighted by molar-refractivity contribution is 7.91. The third-order valence-electron chi connectivity index (χ3n) is 3.14. The molecule has 1 unspecified atom stereocenters. The molecule has 1 aromatic heterocycles. The van der Waals surface area contributed by atoms with Gasteiger partial charge in [-0.15, -0.1) is 0 Å². The molecule has 1 atom stereocenters. The van der Waals surface area contributed by atoms with Crippen LogP contribution in [0.5, 0.6) is 0 Å². The van der Waals surface area contributed by atoms with E-state index in [0.717, 1.165) is 0 Å². The second-order valence-electron chi connectivity index (χ2n) is 4.84. The van der Waals surface area contributed by atoms with Gasteiger partial charge < -0.3 is 15.8 Å². The van der Waals surface area contributed by atoms with Crippen LogP contribution in [0.3, 0.4) is 0 Å². The topological polar surface area (TPSA) is 122 Å². The van der Waals surface area contributed by atoms with Crippen molar-refractivity contribution >= 4 is 21.6 Å². The van der Waals surface area contributed by atoms with Crippen LogP contribution in [0, 0.1) is 6.92 Å². The van der Waals surface area contributed by atoms with E-state index in [1.807, 2.05) is 11.8 Å². The van der Waals surface area contributed by atoms with Crippen molar-refractivity contribution in [1.82, 2.24) is 9.97 Å². The monoisotopic (exact) mass is 299 g/mol. The molecule has 1 aliphatic rings. The van der Waals surface area contributed by atoms with Crippen LogP contribution in [0.4, 0.5) is 5.95 Å². The Labute approximate surface area is 117 Å². The summed E-state index contributed by atoms with van der Waals surface area (Å²) in [6.45, 7) is 3.92. The van der Waals surface area contributed by atoms with Crippen LogP contribution in [-0.2, 0) is 9.84 Å². The van der Waals surface area contributed by atoms with Gasteiger partial charge in [0.25, 0.3) is 0 Å². The minimum atomic E-state index is -3.00. The maximum absolute atomic E-state index is 11.6. The molecule has 0 spiro atoms. The molecule has 1 aliphatic heterocycles. The van der Waals surface area contributed by atoms with Gasteiger partial charge in [0.1, 0.15) is 5.69 Å². The highest BCUT2D eigenvalue weighted by atomic mass is 32.2. The zero-order valence-corrected chi connectivity index (χ0v) is 12.1. The zero-order valence-electron chi connectivity index (χ0n) is 11.3. The highest BCUT2D eigenvalue weighted by Gasteiger charge is 2.30. The van der Waals surface area contributed by atoms with Gasteiger partial charge >= 0.3 is 0 Å². The third-order valence-corrected chi connectivity index (χ3v) is 4.93. The fraction of sp³-hybridized carbons (Fsp3) is 0.545. The smallest absolute Gasteiger partial charge is 0.226 e. The summed E-state index contributed by atoms with van der Waals surface area (Å²) in [6.07, 6.45) is 0. The second-order valence-corrected chi connectivity index (χ2v) is 7.07. The molecule has 2 rings (SSSR count). The first-order chi connectivity index (χ1) is 9.32. The van der Waals surface area contributed by atoms with Crippen molar-refractivity contribution in [1.29, 1.82) is 0 Å². The molecule has 9 heteroatoms. The number of hydrogen-bond acceptors (Lipinski definition) is 7. The minimum Gasteiger partial charge on any atom is -0.409 e. The largest absolute Gasteiger partial charge is 0.409 e. The zero-order chi connectivity index (χ0) is 14.9. The van der Waals surface area contributed by atoms with Gasteiger partial charge in [-0.25, -0.2) is 18.4 Å². The van der Waals surface area contributed by atoms with Crippen molar-refractivity contribution in [2.45, 2.75) is 19.9 Å². The highest BCUT2D eigenvalue weighted by Crippen LogP contribution is 2.18. The SMILES string of the molecule is Cc1cc(/C(N)=N/O)nc(N2CCS(=O)(=O)CC2C)n1. The van der Waals surface area contributed by atoms with Crippen molar-refractivity contribution in [2.75, 3.05) is 23.0 Å². The summed E-state index contributed by atoms with van der Waals surface area (Å²) in [5.74, 6) is 0.444. The third kappa shape index (κ3) is 2.98. The molecule has 0 saturated carbocycles. The summed E-state index contributed by atoms with van der Waals surface area (Å²) in [4.78, 5) is 10.4. The Morgan fingerprint density at radius 2 is 2.25 bits per heavy atom. The Morgan fingerprint density at radius 3 is 2.85 bits per heavy atom. The van der Waals surface area contributed by atoms with Crippen LogP contribution in [0.25, 0.3) is 0 Å². The van der Waals surface area contributed by atoms with Crippen molar-refractivity contribution in [3.05, 3.63) is 17.5 Å². The summed E-state index contributed by atoms with van der Waals surface area (Å²) >= 11 is 0. The molecule has 1 fully saturated rings. The minimum absolute atomic E-state index is 0.0726. The molecular weight excluding hydrogens is 282 g/mol. The molecule has 0 bridgehead atoms. The molecule has 110 valence electrons. The van der Waals surface area contributed by atoms with E-state index in [-0.39, 0.29) is 23.4 Å². The summed E-state index contributed by atoms with van der Waals surface area (Å²) in [7, 11) is -3.00. The lowest BCUT2D eigenvalue weighted by atomic mass is 10.3. The summed E-state index contributed by atoms with van der Waals surface area (Å²) in [5.41, 5.74) is 6.51. The first-order valence-electron chi connectivity index (χ1n) is 6.13. The maximum atomic E-state index is 11.6. The number of anilines is 1. The Bertz CT molecular complexity index is 643. The molecule has 8 nitrogen and oxygen atoms in total. The van der Waals surface area contributed by atoms with Crippen molar-refractivity contribution in [3.8, 4) is 0 Å². The fourth-order valence-electron chi connectivity index (χ4n) is 2.16. The van der Waals surface area contributed by atoms with Gasteiger partial charge in [-0.05, 0) is 19.9 Å². The predicted octanol–water partition coefficient (Wildman–Crippen LogP) is -0.497. The van der Waals surface area contributed by atoms with E-state index >= 15 is 0 Å². The van der Waals surface area contributed by atoms with Crippen LogP contribution in [0.2, 0.25) is 0 Å². The number of nitrogens with zero attached hydrogens (tertiary/aromatic N) is 4. The normalized spacial score (nSPS) is 22.8. The molecule has 20 heavy (non-hydrogen) atoms. The Morgan fingerprint density at radius 1 is 1.55 bits per heavy atom. The van der Waals surface area contributed by atoms with E-state index in [9.17, 15) is 8.42 Å². The molecular formula is C11H17N5O3S. The molecule has 0 radical (unpaired) electrons. The van der Waals surface area contributed by atoms with Crippen LogP contribution in [-0.4, -0.2) is 53.5 Å². The molecule has 0 amide bonds. The van der Waals surface area contributed by atoms with Gasteiger partial charge in [0.2, 0.25) is 5.95 Å². The van der Waals surface area contributed by atoms with Crippen molar-refractivity contribution < 1.29 is 13.6 Å². The number of hydrogen-bond donors (Lipinski definition) is 2. The van der Waals surface area contributed by atoms with Crippen molar-refractivity contribution in [3.63, 3.8) is 0 Å². The molecule has 1 saturated heterocycles. The number of sulfone groups is 1. The second kappa shape index (κ2) is 5.23. The number of amidine groups is 1. The van der Waals surface area contributed by atoms with E-state index in [0.29, 0.717) is 23.9 Å².